The number of benzene rings is 2. The molecule has 34 heavy (non-hydrogen) atoms. The van der Waals surface area contributed by atoms with Crippen LogP contribution in [0.25, 0.3) is 11.3 Å². The summed E-state index contributed by atoms with van der Waals surface area (Å²) in [5.41, 5.74) is 8.84. The van der Waals surface area contributed by atoms with E-state index in [1.165, 1.54) is 33.6 Å². The van der Waals surface area contributed by atoms with Gasteiger partial charge < -0.3 is 10.2 Å². The van der Waals surface area contributed by atoms with Crippen LogP contribution in [0.5, 0.6) is 0 Å². The van der Waals surface area contributed by atoms with Gasteiger partial charge in [-0.15, -0.1) is 0 Å². The Kier molecular flexibility index (Phi) is 7.44. The van der Waals surface area contributed by atoms with Crippen LogP contribution in [0, 0.1) is 20.8 Å². The third-order valence-electron chi connectivity index (χ3n) is 6.72. The molecule has 0 atom stereocenters. The molecule has 1 fully saturated rings. The molecule has 0 unspecified atom stereocenters. The summed E-state index contributed by atoms with van der Waals surface area (Å²) < 4.78 is 2.17. The minimum absolute atomic E-state index is 0.0616. The molecule has 1 aromatic heterocycles. The SMILES string of the molecule is Cc1ccc(-c2cc(CNCCN3CCN(c4ccc(C)cc4C)CC3)nn2C(C)(C)C)cc1. The van der Waals surface area contributed by atoms with E-state index < -0.39 is 0 Å². The fraction of sp³-hybridized carbons (Fsp3) is 0.483. The van der Waals surface area contributed by atoms with Crippen molar-refractivity contribution in [1.82, 2.24) is 20.0 Å². The van der Waals surface area contributed by atoms with Crippen LogP contribution in [-0.4, -0.2) is 53.9 Å². The molecule has 4 rings (SSSR count). The number of aromatic nitrogens is 2. The van der Waals surface area contributed by atoms with Crippen molar-refractivity contribution >= 4 is 5.69 Å². The number of piperazine rings is 1. The number of hydrogen-bond donors (Lipinski definition) is 1. The van der Waals surface area contributed by atoms with Crippen LogP contribution < -0.4 is 10.2 Å². The van der Waals surface area contributed by atoms with Gasteiger partial charge in [-0.25, -0.2) is 0 Å². The molecule has 1 saturated heterocycles. The average Bonchev–Trinajstić information content (AvgIpc) is 3.23. The van der Waals surface area contributed by atoms with Gasteiger partial charge in [0.05, 0.1) is 16.9 Å². The van der Waals surface area contributed by atoms with E-state index in [9.17, 15) is 0 Å². The molecular weight excluding hydrogens is 418 g/mol. The molecule has 0 aliphatic carbocycles. The second kappa shape index (κ2) is 10.3. The smallest absolute Gasteiger partial charge is 0.0769 e. The highest BCUT2D eigenvalue weighted by molar-refractivity contribution is 5.61. The quantitative estimate of drug-likeness (QED) is 0.496. The minimum atomic E-state index is -0.0616. The van der Waals surface area contributed by atoms with Gasteiger partial charge in [-0.2, -0.15) is 5.10 Å². The van der Waals surface area contributed by atoms with E-state index in [0.717, 1.165) is 51.5 Å². The molecule has 3 aromatic rings. The number of hydrogen-bond acceptors (Lipinski definition) is 4. The predicted molar refractivity (Wildman–Crippen MR) is 144 cm³/mol. The van der Waals surface area contributed by atoms with Crippen molar-refractivity contribution in [3.63, 3.8) is 0 Å². The molecule has 0 saturated carbocycles. The number of nitrogens with one attached hydrogen (secondary N) is 1. The Morgan fingerprint density at radius 2 is 1.53 bits per heavy atom. The van der Waals surface area contributed by atoms with Gasteiger partial charge in [0.2, 0.25) is 0 Å². The number of rotatable bonds is 7. The Hall–Kier alpha value is -2.63. The summed E-state index contributed by atoms with van der Waals surface area (Å²) in [6, 6.07) is 17.8. The fourth-order valence-corrected chi connectivity index (χ4v) is 4.78. The fourth-order valence-electron chi connectivity index (χ4n) is 4.78. The topological polar surface area (TPSA) is 36.3 Å². The first-order chi connectivity index (χ1) is 16.2. The molecule has 2 aromatic carbocycles. The lowest BCUT2D eigenvalue weighted by Gasteiger charge is -2.37. The van der Waals surface area contributed by atoms with Gasteiger partial charge >= 0.3 is 0 Å². The van der Waals surface area contributed by atoms with Crippen LogP contribution in [0.3, 0.4) is 0 Å². The van der Waals surface area contributed by atoms with Crippen molar-refractivity contribution in [2.75, 3.05) is 44.2 Å². The van der Waals surface area contributed by atoms with Crippen LogP contribution in [0.4, 0.5) is 5.69 Å². The van der Waals surface area contributed by atoms with Gasteiger partial charge in [0.15, 0.2) is 0 Å². The third-order valence-corrected chi connectivity index (χ3v) is 6.72. The van der Waals surface area contributed by atoms with E-state index in [-0.39, 0.29) is 5.54 Å². The van der Waals surface area contributed by atoms with Crippen molar-refractivity contribution in [3.05, 3.63) is 70.9 Å². The van der Waals surface area contributed by atoms with Crippen molar-refractivity contribution in [3.8, 4) is 11.3 Å². The van der Waals surface area contributed by atoms with E-state index in [4.69, 9.17) is 5.10 Å². The summed E-state index contributed by atoms with van der Waals surface area (Å²) in [5.74, 6) is 0. The molecule has 2 heterocycles. The Balaban J connectivity index is 1.28. The molecule has 5 nitrogen and oxygen atoms in total. The van der Waals surface area contributed by atoms with Crippen LogP contribution in [-0.2, 0) is 12.1 Å². The standard InChI is InChI=1S/C29H41N5/c1-22-7-10-25(11-8-22)28-20-26(31-34(28)29(4,5)6)21-30-13-14-32-15-17-33(18-16-32)27-12-9-23(2)19-24(27)3/h7-12,19-20,30H,13-18,21H2,1-6H3. The monoisotopic (exact) mass is 459 g/mol. The van der Waals surface area contributed by atoms with Gasteiger partial charge in [-0.05, 0) is 64.8 Å². The van der Waals surface area contributed by atoms with Crippen LogP contribution in [0.1, 0.15) is 43.2 Å². The number of anilines is 1. The second-order valence-electron chi connectivity index (χ2n) is 10.8. The third kappa shape index (κ3) is 5.89. The highest BCUT2D eigenvalue weighted by Crippen LogP contribution is 2.27. The maximum atomic E-state index is 4.96. The van der Waals surface area contributed by atoms with E-state index in [0.29, 0.717) is 0 Å². The molecular formula is C29H41N5. The Morgan fingerprint density at radius 1 is 0.853 bits per heavy atom. The Morgan fingerprint density at radius 3 is 2.18 bits per heavy atom. The van der Waals surface area contributed by atoms with Gasteiger partial charge in [0.1, 0.15) is 0 Å². The lowest BCUT2D eigenvalue weighted by atomic mass is 10.1. The lowest BCUT2D eigenvalue weighted by molar-refractivity contribution is 0.257. The van der Waals surface area contributed by atoms with Crippen LogP contribution in [0.2, 0.25) is 0 Å². The molecule has 5 heteroatoms. The Labute approximate surface area is 205 Å². The molecule has 0 spiro atoms. The van der Waals surface area contributed by atoms with E-state index in [1.54, 1.807) is 0 Å². The highest BCUT2D eigenvalue weighted by atomic mass is 15.3. The zero-order valence-electron chi connectivity index (χ0n) is 21.9. The van der Waals surface area contributed by atoms with E-state index >= 15 is 0 Å². The summed E-state index contributed by atoms with van der Waals surface area (Å²) in [7, 11) is 0. The summed E-state index contributed by atoms with van der Waals surface area (Å²) in [6.07, 6.45) is 0. The highest BCUT2D eigenvalue weighted by Gasteiger charge is 2.21. The predicted octanol–water partition coefficient (Wildman–Crippen LogP) is 5.14. The summed E-state index contributed by atoms with van der Waals surface area (Å²) in [6.45, 7) is 20.4. The lowest BCUT2D eigenvalue weighted by Crippen LogP contribution is -2.48. The van der Waals surface area contributed by atoms with Crippen LogP contribution >= 0.6 is 0 Å². The molecule has 1 N–H and O–H groups in total. The molecule has 0 bridgehead atoms. The van der Waals surface area contributed by atoms with E-state index in [2.05, 4.69) is 110 Å². The van der Waals surface area contributed by atoms with Crippen molar-refractivity contribution in [2.45, 2.75) is 53.6 Å². The molecule has 0 amide bonds. The number of aryl methyl sites for hydroxylation is 3. The van der Waals surface area contributed by atoms with Gasteiger partial charge in [-0.1, -0.05) is 47.5 Å². The second-order valence-corrected chi connectivity index (χ2v) is 10.8. The normalized spacial score (nSPS) is 15.2. The maximum absolute atomic E-state index is 4.96. The first-order valence-electron chi connectivity index (χ1n) is 12.6. The first kappa shape index (κ1) is 24.5. The first-order valence-corrected chi connectivity index (χ1v) is 12.6. The Bertz CT molecular complexity index is 1080. The average molecular weight is 460 g/mol. The van der Waals surface area contributed by atoms with Gasteiger partial charge in [0, 0.05) is 51.5 Å². The summed E-state index contributed by atoms with van der Waals surface area (Å²) >= 11 is 0. The van der Waals surface area contributed by atoms with Crippen molar-refractivity contribution < 1.29 is 0 Å². The zero-order chi connectivity index (χ0) is 24.3. The van der Waals surface area contributed by atoms with Gasteiger partial charge in [0.25, 0.3) is 0 Å². The zero-order valence-corrected chi connectivity index (χ0v) is 21.9. The van der Waals surface area contributed by atoms with Gasteiger partial charge in [-0.3, -0.25) is 9.58 Å². The number of nitrogens with zero attached hydrogens (tertiary/aromatic N) is 4. The maximum Gasteiger partial charge on any atom is 0.0769 e. The summed E-state index contributed by atoms with van der Waals surface area (Å²) in [4.78, 5) is 5.10. The van der Waals surface area contributed by atoms with Crippen LogP contribution in [0.15, 0.2) is 48.5 Å². The van der Waals surface area contributed by atoms with Crippen molar-refractivity contribution in [2.24, 2.45) is 0 Å². The molecule has 182 valence electrons. The van der Waals surface area contributed by atoms with E-state index in [1.807, 2.05) is 0 Å². The largest absolute Gasteiger partial charge is 0.369 e. The van der Waals surface area contributed by atoms with Crippen molar-refractivity contribution in [1.29, 1.82) is 0 Å². The molecule has 1 aliphatic rings. The molecule has 0 radical (unpaired) electrons. The summed E-state index contributed by atoms with van der Waals surface area (Å²) in [5, 5.41) is 8.59. The molecule has 1 aliphatic heterocycles. The minimum Gasteiger partial charge on any atom is -0.369 e.